The van der Waals surface area contributed by atoms with Crippen molar-refractivity contribution in [3.63, 3.8) is 0 Å². The molecule has 6 heteroatoms. The summed E-state index contributed by atoms with van der Waals surface area (Å²) in [5, 5.41) is 2.85. The Morgan fingerprint density at radius 3 is 2.06 bits per heavy atom. The molecule has 0 heterocycles. The van der Waals surface area contributed by atoms with Crippen LogP contribution in [0.2, 0.25) is 0 Å². The maximum absolute atomic E-state index is 12.7. The van der Waals surface area contributed by atoms with Crippen molar-refractivity contribution in [2.45, 2.75) is 58.3 Å². The van der Waals surface area contributed by atoms with Crippen LogP contribution in [-0.4, -0.2) is 42.5 Å². The Morgan fingerprint density at radius 2 is 1.48 bits per heavy atom. The molecule has 0 aliphatic heterocycles. The average molecular weight is 426 g/mol. The van der Waals surface area contributed by atoms with E-state index < -0.39 is 35.6 Å². The SMILES string of the molecule is CN[C@H](C(=O)OC(C)(C)C)[C@@H](C)OC(=O)[C@@H](C)c1cccc(C(=O)c2ccccc2)c1. The minimum Gasteiger partial charge on any atom is -0.460 e. The van der Waals surface area contributed by atoms with E-state index in [1.165, 1.54) is 0 Å². The zero-order valence-corrected chi connectivity index (χ0v) is 19.0. The van der Waals surface area contributed by atoms with Crippen LogP contribution in [0.25, 0.3) is 0 Å². The van der Waals surface area contributed by atoms with E-state index in [0.29, 0.717) is 16.7 Å². The maximum Gasteiger partial charge on any atom is 0.327 e. The zero-order chi connectivity index (χ0) is 23.2. The smallest absolute Gasteiger partial charge is 0.327 e. The van der Waals surface area contributed by atoms with E-state index in [1.54, 1.807) is 90.2 Å². The summed E-state index contributed by atoms with van der Waals surface area (Å²) in [5.74, 6) is -1.70. The molecule has 1 N–H and O–H groups in total. The monoisotopic (exact) mass is 425 g/mol. The highest BCUT2D eigenvalue weighted by Crippen LogP contribution is 2.21. The van der Waals surface area contributed by atoms with Gasteiger partial charge in [-0.1, -0.05) is 48.5 Å². The van der Waals surface area contributed by atoms with Gasteiger partial charge in [-0.25, -0.2) is 0 Å². The lowest BCUT2D eigenvalue weighted by molar-refractivity contribution is -0.165. The first kappa shape index (κ1) is 24.3. The molecule has 31 heavy (non-hydrogen) atoms. The van der Waals surface area contributed by atoms with Gasteiger partial charge in [-0.2, -0.15) is 0 Å². The van der Waals surface area contributed by atoms with Crippen molar-refractivity contribution in [3.05, 3.63) is 71.3 Å². The Labute approximate surface area is 183 Å². The molecule has 6 nitrogen and oxygen atoms in total. The first-order valence-electron chi connectivity index (χ1n) is 10.3. The first-order valence-corrected chi connectivity index (χ1v) is 10.3. The Hall–Kier alpha value is -2.99. The minimum atomic E-state index is -0.790. The van der Waals surface area contributed by atoms with Gasteiger partial charge in [0.25, 0.3) is 0 Å². The third-order valence-electron chi connectivity index (χ3n) is 4.78. The van der Waals surface area contributed by atoms with E-state index in [2.05, 4.69) is 5.32 Å². The molecule has 0 unspecified atom stereocenters. The number of esters is 2. The van der Waals surface area contributed by atoms with Crippen molar-refractivity contribution in [2.24, 2.45) is 0 Å². The van der Waals surface area contributed by atoms with Gasteiger partial charge < -0.3 is 14.8 Å². The number of likely N-dealkylation sites (N-methyl/N-ethyl adjacent to an activating group) is 1. The van der Waals surface area contributed by atoms with Crippen molar-refractivity contribution in [1.82, 2.24) is 5.32 Å². The van der Waals surface area contributed by atoms with Crippen LogP contribution in [0.4, 0.5) is 0 Å². The van der Waals surface area contributed by atoms with Gasteiger partial charge in [-0.15, -0.1) is 0 Å². The second-order valence-corrected chi connectivity index (χ2v) is 8.48. The third kappa shape index (κ3) is 6.76. The van der Waals surface area contributed by atoms with E-state index in [4.69, 9.17) is 9.47 Å². The van der Waals surface area contributed by atoms with Crippen LogP contribution in [0.5, 0.6) is 0 Å². The molecule has 0 saturated heterocycles. The molecule has 0 aromatic heterocycles. The molecule has 2 aromatic rings. The Balaban J connectivity index is 2.10. The van der Waals surface area contributed by atoms with Crippen LogP contribution < -0.4 is 5.32 Å². The molecule has 0 aliphatic rings. The molecule has 0 bridgehead atoms. The van der Waals surface area contributed by atoms with Crippen LogP contribution in [0.3, 0.4) is 0 Å². The molecule has 3 atom stereocenters. The number of nitrogens with one attached hydrogen (secondary N) is 1. The fourth-order valence-electron chi connectivity index (χ4n) is 3.10. The maximum atomic E-state index is 12.7. The number of hydrogen-bond acceptors (Lipinski definition) is 6. The second kappa shape index (κ2) is 10.4. The van der Waals surface area contributed by atoms with Gasteiger partial charge in [-0.05, 0) is 53.3 Å². The molecule has 0 saturated carbocycles. The average Bonchev–Trinajstić information content (AvgIpc) is 2.72. The fraction of sp³-hybridized carbons (Fsp3) is 0.400. The number of ether oxygens (including phenoxy) is 2. The Bertz CT molecular complexity index is 917. The summed E-state index contributed by atoms with van der Waals surface area (Å²) < 4.78 is 10.9. The highest BCUT2D eigenvalue weighted by Gasteiger charge is 2.32. The topological polar surface area (TPSA) is 81.7 Å². The van der Waals surface area contributed by atoms with Crippen LogP contribution >= 0.6 is 0 Å². The summed E-state index contributed by atoms with van der Waals surface area (Å²) in [5.41, 5.74) is 1.10. The van der Waals surface area contributed by atoms with E-state index in [0.717, 1.165) is 0 Å². The number of hydrogen-bond donors (Lipinski definition) is 1. The Kier molecular flexibility index (Phi) is 8.11. The lowest BCUT2D eigenvalue weighted by Gasteiger charge is -2.27. The fourth-order valence-corrected chi connectivity index (χ4v) is 3.10. The lowest BCUT2D eigenvalue weighted by atomic mass is 9.95. The summed E-state index contributed by atoms with van der Waals surface area (Å²) in [6.07, 6.45) is -0.732. The van der Waals surface area contributed by atoms with Gasteiger partial charge in [0.1, 0.15) is 17.7 Å². The molecule has 0 fully saturated rings. The molecular formula is C25H31NO5. The first-order chi connectivity index (χ1) is 14.5. The third-order valence-corrected chi connectivity index (χ3v) is 4.78. The van der Waals surface area contributed by atoms with Crippen LogP contribution in [0.1, 0.15) is 62.0 Å². The minimum absolute atomic E-state index is 0.114. The standard InChI is InChI=1S/C25H31NO5/c1-16(23(28)30-17(2)21(26-6)24(29)31-25(3,4)5)19-13-10-14-20(15-19)22(27)18-11-8-7-9-12-18/h7-17,21,26H,1-6H3/t16-,17+,21-/m0/s1. The Morgan fingerprint density at radius 1 is 0.871 bits per heavy atom. The predicted molar refractivity (Wildman–Crippen MR) is 119 cm³/mol. The highest BCUT2D eigenvalue weighted by molar-refractivity contribution is 6.09. The van der Waals surface area contributed by atoms with Crippen molar-refractivity contribution in [2.75, 3.05) is 7.05 Å². The van der Waals surface area contributed by atoms with Gasteiger partial charge in [0, 0.05) is 11.1 Å². The van der Waals surface area contributed by atoms with Crippen LogP contribution in [0, 0.1) is 0 Å². The molecule has 0 radical (unpaired) electrons. The molecule has 2 aromatic carbocycles. The lowest BCUT2D eigenvalue weighted by Crippen LogP contribution is -2.48. The van der Waals surface area contributed by atoms with E-state index in [1.807, 2.05) is 6.07 Å². The summed E-state index contributed by atoms with van der Waals surface area (Å²) in [4.78, 5) is 37.8. The molecule has 0 aliphatic carbocycles. The molecule has 0 spiro atoms. The second-order valence-electron chi connectivity index (χ2n) is 8.48. The number of ketones is 1. The van der Waals surface area contributed by atoms with E-state index in [-0.39, 0.29) is 5.78 Å². The number of carbonyl (C=O) groups excluding carboxylic acids is 3. The van der Waals surface area contributed by atoms with Crippen molar-refractivity contribution < 1.29 is 23.9 Å². The summed E-state index contributed by atoms with van der Waals surface area (Å²) >= 11 is 0. The molecule has 166 valence electrons. The van der Waals surface area contributed by atoms with Gasteiger partial charge >= 0.3 is 11.9 Å². The molecule has 2 rings (SSSR count). The normalized spacial score (nSPS) is 14.3. The molecular weight excluding hydrogens is 394 g/mol. The van der Waals surface area contributed by atoms with Crippen molar-refractivity contribution in [3.8, 4) is 0 Å². The van der Waals surface area contributed by atoms with E-state index in [9.17, 15) is 14.4 Å². The molecule has 0 amide bonds. The number of carbonyl (C=O) groups is 3. The summed E-state index contributed by atoms with van der Waals surface area (Å²) in [6, 6.07) is 15.1. The van der Waals surface area contributed by atoms with Crippen LogP contribution in [0.15, 0.2) is 54.6 Å². The van der Waals surface area contributed by atoms with Crippen molar-refractivity contribution in [1.29, 1.82) is 0 Å². The summed E-state index contributed by atoms with van der Waals surface area (Å²) in [7, 11) is 1.61. The van der Waals surface area contributed by atoms with Gasteiger partial charge in [0.2, 0.25) is 0 Å². The van der Waals surface area contributed by atoms with E-state index >= 15 is 0 Å². The largest absolute Gasteiger partial charge is 0.460 e. The predicted octanol–water partition coefficient (Wildman–Crippen LogP) is 3.88. The highest BCUT2D eigenvalue weighted by atomic mass is 16.6. The van der Waals surface area contributed by atoms with Gasteiger partial charge in [0.05, 0.1) is 5.92 Å². The number of benzene rings is 2. The van der Waals surface area contributed by atoms with Crippen molar-refractivity contribution >= 4 is 17.7 Å². The van der Waals surface area contributed by atoms with Crippen LogP contribution in [-0.2, 0) is 19.1 Å². The zero-order valence-electron chi connectivity index (χ0n) is 19.0. The number of rotatable bonds is 8. The quantitative estimate of drug-likeness (QED) is 0.511. The van der Waals surface area contributed by atoms with Gasteiger partial charge in [0.15, 0.2) is 5.78 Å². The van der Waals surface area contributed by atoms with Gasteiger partial charge in [-0.3, -0.25) is 14.4 Å². The summed E-state index contributed by atoms with van der Waals surface area (Å²) in [6.45, 7) is 8.69.